The van der Waals surface area contributed by atoms with Crippen LogP contribution in [0.5, 0.6) is 0 Å². The molecule has 1 heterocycles. The fourth-order valence-corrected chi connectivity index (χ4v) is 3.86. The molecule has 0 bridgehead atoms. The van der Waals surface area contributed by atoms with E-state index in [0.29, 0.717) is 17.0 Å². The number of anilines is 1. The van der Waals surface area contributed by atoms with E-state index in [4.69, 9.17) is 0 Å². The van der Waals surface area contributed by atoms with Gasteiger partial charge in [0.05, 0.1) is 5.69 Å². The highest BCUT2D eigenvalue weighted by atomic mass is 32.2. The van der Waals surface area contributed by atoms with Crippen LogP contribution >= 0.6 is 11.8 Å². The van der Waals surface area contributed by atoms with Gasteiger partial charge in [0.2, 0.25) is 5.91 Å². The quantitative estimate of drug-likeness (QED) is 0.840. The standard InChI is InChI=1S/C19H17F3N2O2S/c20-19(21,22)18(26)24-12-6-10-15(24)17(25)23-14-9-4-5-11-16(14)27-13-7-2-1-3-8-13/h1-5,7-9,11,15H,6,10,12H2,(H,23,25). The molecule has 2 amide bonds. The van der Waals surface area contributed by atoms with Crippen molar-refractivity contribution in [2.24, 2.45) is 0 Å². The number of nitrogens with one attached hydrogen (secondary N) is 1. The number of halogens is 3. The van der Waals surface area contributed by atoms with Crippen LogP contribution in [0.2, 0.25) is 0 Å². The van der Waals surface area contributed by atoms with Crippen molar-refractivity contribution < 1.29 is 22.8 Å². The third kappa shape index (κ3) is 4.63. The van der Waals surface area contributed by atoms with Crippen LogP contribution in [0.3, 0.4) is 0 Å². The van der Waals surface area contributed by atoms with E-state index in [9.17, 15) is 22.8 Å². The molecule has 142 valence electrons. The van der Waals surface area contributed by atoms with Gasteiger partial charge in [-0.2, -0.15) is 13.2 Å². The van der Waals surface area contributed by atoms with E-state index in [2.05, 4.69) is 5.32 Å². The number of alkyl halides is 3. The molecule has 2 aromatic rings. The van der Waals surface area contributed by atoms with Crippen LogP contribution in [-0.2, 0) is 9.59 Å². The lowest BCUT2D eigenvalue weighted by molar-refractivity contribution is -0.186. The summed E-state index contributed by atoms with van der Waals surface area (Å²) in [5.41, 5.74) is 0.502. The van der Waals surface area contributed by atoms with Crippen LogP contribution in [0, 0.1) is 0 Å². The lowest BCUT2D eigenvalue weighted by atomic mass is 10.2. The Bertz CT molecular complexity index is 827. The Morgan fingerprint density at radius 3 is 2.41 bits per heavy atom. The molecule has 4 nitrogen and oxygen atoms in total. The first-order valence-corrected chi connectivity index (χ1v) is 9.18. The van der Waals surface area contributed by atoms with E-state index >= 15 is 0 Å². The first kappa shape index (κ1) is 19.3. The number of benzene rings is 2. The smallest absolute Gasteiger partial charge is 0.323 e. The van der Waals surface area contributed by atoms with Crippen molar-refractivity contribution in [1.29, 1.82) is 0 Å². The third-order valence-corrected chi connectivity index (χ3v) is 5.26. The molecule has 2 aromatic carbocycles. The van der Waals surface area contributed by atoms with E-state index in [-0.39, 0.29) is 13.0 Å². The molecule has 1 unspecified atom stereocenters. The maximum Gasteiger partial charge on any atom is 0.471 e. The summed E-state index contributed by atoms with van der Waals surface area (Å²) in [6.45, 7) is -0.0726. The fourth-order valence-electron chi connectivity index (χ4n) is 2.94. The Hall–Kier alpha value is -2.48. The van der Waals surface area contributed by atoms with Gasteiger partial charge in [-0.15, -0.1) is 0 Å². The molecule has 3 rings (SSSR count). The summed E-state index contributed by atoms with van der Waals surface area (Å²) in [4.78, 5) is 26.5. The van der Waals surface area contributed by atoms with Crippen molar-refractivity contribution in [3.8, 4) is 0 Å². The highest BCUT2D eigenvalue weighted by molar-refractivity contribution is 7.99. The molecule has 0 spiro atoms. The molecule has 0 radical (unpaired) electrons. The zero-order valence-electron chi connectivity index (χ0n) is 14.2. The minimum Gasteiger partial charge on any atom is -0.323 e. The summed E-state index contributed by atoms with van der Waals surface area (Å²) < 4.78 is 38.2. The van der Waals surface area contributed by atoms with Crippen molar-refractivity contribution in [1.82, 2.24) is 4.90 Å². The molecule has 27 heavy (non-hydrogen) atoms. The van der Waals surface area contributed by atoms with Crippen LogP contribution in [0.4, 0.5) is 18.9 Å². The summed E-state index contributed by atoms with van der Waals surface area (Å²) in [6.07, 6.45) is -4.41. The van der Waals surface area contributed by atoms with Crippen LogP contribution in [0.25, 0.3) is 0 Å². The van der Waals surface area contributed by atoms with E-state index < -0.39 is 24.0 Å². The van der Waals surface area contributed by atoms with Crippen LogP contribution in [0.15, 0.2) is 64.4 Å². The maximum atomic E-state index is 12.7. The number of amides is 2. The molecular formula is C19H17F3N2O2S. The third-order valence-electron chi connectivity index (χ3n) is 4.17. The van der Waals surface area contributed by atoms with Gasteiger partial charge in [0, 0.05) is 16.3 Å². The van der Waals surface area contributed by atoms with E-state index in [0.717, 1.165) is 9.79 Å². The molecule has 1 N–H and O–H groups in total. The zero-order valence-corrected chi connectivity index (χ0v) is 15.0. The molecule has 1 atom stereocenters. The number of nitrogens with zero attached hydrogens (tertiary/aromatic N) is 1. The zero-order chi connectivity index (χ0) is 19.4. The predicted molar refractivity (Wildman–Crippen MR) is 96.4 cm³/mol. The number of carbonyl (C=O) groups is 2. The van der Waals surface area contributed by atoms with E-state index in [1.165, 1.54) is 11.8 Å². The summed E-state index contributed by atoms with van der Waals surface area (Å²) in [5, 5.41) is 2.69. The molecule has 8 heteroatoms. The lowest BCUT2D eigenvalue weighted by Crippen LogP contribution is -2.48. The predicted octanol–water partition coefficient (Wildman–Crippen LogP) is 4.33. The summed E-state index contributed by atoms with van der Waals surface area (Å²) in [7, 11) is 0. The van der Waals surface area contributed by atoms with Crippen LogP contribution in [0.1, 0.15) is 12.8 Å². The second kappa shape index (κ2) is 8.04. The summed E-state index contributed by atoms with van der Waals surface area (Å²) in [6, 6.07) is 15.5. The van der Waals surface area contributed by atoms with Gasteiger partial charge in [0.15, 0.2) is 0 Å². The first-order chi connectivity index (χ1) is 12.9. The largest absolute Gasteiger partial charge is 0.471 e. The van der Waals surface area contributed by atoms with Gasteiger partial charge < -0.3 is 10.2 Å². The SMILES string of the molecule is O=C(Nc1ccccc1Sc1ccccc1)C1CCCN1C(=O)C(F)(F)F. The topological polar surface area (TPSA) is 49.4 Å². The van der Waals surface area contributed by atoms with Gasteiger partial charge >= 0.3 is 12.1 Å². The van der Waals surface area contributed by atoms with Gasteiger partial charge in [-0.05, 0) is 37.1 Å². The van der Waals surface area contributed by atoms with Crippen molar-refractivity contribution in [3.63, 3.8) is 0 Å². The monoisotopic (exact) mass is 394 g/mol. The van der Waals surface area contributed by atoms with Crippen molar-refractivity contribution in [2.45, 2.75) is 34.9 Å². The van der Waals surface area contributed by atoms with Gasteiger partial charge in [0.1, 0.15) is 6.04 Å². The Morgan fingerprint density at radius 1 is 1.04 bits per heavy atom. The number of carbonyl (C=O) groups excluding carboxylic acids is 2. The van der Waals surface area contributed by atoms with E-state index in [1.807, 2.05) is 42.5 Å². The van der Waals surface area contributed by atoms with Crippen LogP contribution in [-0.4, -0.2) is 35.5 Å². The van der Waals surface area contributed by atoms with Gasteiger partial charge in [-0.1, -0.05) is 42.1 Å². The first-order valence-electron chi connectivity index (χ1n) is 8.37. The molecule has 1 saturated heterocycles. The van der Waals surface area contributed by atoms with Gasteiger partial charge in [-0.25, -0.2) is 0 Å². The number of hydrogen-bond acceptors (Lipinski definition) is 3. The molecule has 0 aromatic heterocycles. The Kier molecular flexibility index (Phi) is 5.74. The number of likely N-dealkylation sites (tertiary alicyclic amines) is 1. The molecular weight excluding hydrogens is 377 g/mol. The minimum atomic E-state index is -4.98. The molecule has 0 aliphatic carbocycles. The average Bonchev–Trinajstić information content (AvgIpc) is 3.12. The molecule has 1 aliphatic heterocycles. The number of hydrogen-bond donors (Lipinski definition) is 1. The highest BCUT2D eigenvalue weighted by Crippen LogP contribution is 2.34. The summed E-state index contributed by atoms with van der Waals surface area (Å²) in [5.74, 6) is -2.57. The normalized spacial score (nSPS) is 17.0. The average molecular weight is 394 g/mol. The lowest BCUT2D eigenvalue weighted by Gasteiger charge is -2.25. The van der Waals surface area contributed by atoms with Crippen LogP contribution < -0.4 is 5.32 Å². The fraction of sp³-hybridized carbons (Fsp3) is 0.263. The Morgan fingerprint density at radius 2 is 1.70 bits per heavy atom. The molecule has 1 fully saturated rings. The van der Waals surface area contributed by atoms with Gasteiger partial charge in [-0.3, -0.25) is 9.59 Å². The summed E-state index contributed by atoms with van der Waals surface area (Å²) >= 11 is 1.43. The number of para-hydroxylation sites is 1. The number of rotatable bonds is 4. The molecule has 1 aliphatic rings. The molecule has 0 saturated carbocycles. The van der Waals surface area contributed by atoms with Crippen molar-refractivity contribution in [3.05, 3.63) is 54.6 Å². The second-order valence-corrected chi connectivity index (χ2v) is 7.17. The maximum absolute atomic E-state index is 12.7. The van der Waals surface area contributed by atoms with Crippen molar-refractivity contribution in [2.75, 3.05) is 11.9 Å². The van der Waals surface area contributed by atoms with E-state index in [1.54, 1.807) is 12.1 Å². The minimum absolute atomic E-state index is 0.0726. The highest BCUT2D eigenvalue weighted by Gasteiger charge is 2.47. The second-order valence-electron chi connectivity index (χ2n) is 6.05. The van der Waals surface area contributed by atoms with Crippen molar-refractivity contribution >= 4 is 29.3 Å². The Balaban J connectivity index is 1.75. The van der Waals surface area contributed by atoms with Gasteiger partial charge in [0.25, 0.3) is 0 Å². The Labute approximate surface area is 158 Å².